The van der Waals surface area contributed by atoms with E-state index in [-0.39, 0.29) is 5.56 Å². The van der Waals surface area contributed by atoms with Gasteiger partial charge in [0.2, 0.25) is 0 Å². The molecule has 0 bridgehead atoms. The van der Waals surface area contributed by atoms with Gasteiger partial charge in [0.15, 0.2) is 0 Å². The van der Waals surface area contributed by atoms with Crippen molar-refractivity contribution in [3.05, 3.63) is 92.8 Å². The fourth-order valence-corrected chi connectivity index (χ4v) is 4.71. The van der Waals surface area contributed by atoms with E-state index >= 15 is 0 Å². The Kier molecular flexibility index (Phi) is 5.59. The van der Waals surface area contributed by atoms with Crippen LogP contribution in [0.5, 0.6) is 0 Å². The van der Waals surface area contributed by atoms with Crippen molar-refractivity contribution in [3.8, 4) is 22.0 Å². The maximum Gasteiger partial charge on any atom is 0.416 e. The number of hydrogen-bond acceptors (Lipinski definition) is 5. The lowest BCUT2D eigenvalue weighted by Crippen LogP contribution is -2.35. The SMILES string of the molecule is O=c1[nH]c(-c2ccccc2)nc2c1CN(Cc1csc(-c3ccc(C(F)(F)F)cc3)n1)CC2. The summed E-state index contributed by atoms with van der Waals surface area (Å²) in [6, 6.07) is 14.6. The van der Waals surface area contributed by atoms with E-state index in [1.165, 1.54) is 23.5 Å². The second-order valence-electron chi connectivity index (χ2n) is 7.89. The van der Waals surface area contributed by atoms with Crippen molar-refractivity contribution < 1.29 is 13.2 Å². The van der Waals surface area contributed by atoms with E-state index in [0.717, 1.165) is 35.6 Å². The minimum absolute atomic E-state index is 0.132. The largest absolute Gasteiger partial charge is 0.416 e. The summed E-state index contributed by atoms with van der Waals surface area (Å²) < 4.78 is 38.3. The van der Waals surface area contributed by atoms with Crippen molar-refractivity contribution in [1.82, 2.24) is 19.9 Å². The highest BCUT2D eigenvalue weighted by Gasteiger charge is 2.30. The van der Waals surface area contributed by atoms with Crippen LogP contribution in [0.2, 0.25) is 0 Å². The van der Waals surface area contributed by atoms with Crippen LogP contribution < -0.4 is 5.56 Å². The van der Waals surface area contributed by atoms with Gasteiger partial charge in [-0.25, -0.2) is 9.97 Å². The summed E-state index contributed by atoms with van der Waals surface area (Å²) in [5.41, 5.74) is 3.02. The third kappa shape index (κ3) is 4.60. The van der Waals surface area contributed by atoms with E-state index in [2.05, 4.69) is 19.9 Å². The monoisotopic (exact) mass is 468 g/mol. The Morgan fingerprint density at radius 3 is 2.48 bits per heavy atom. The Balaban J connectivity index is 1.30. The number of H-pyrrole nitrogens is 1. The Labute approximate surface area is 191 Å². The maximum absolute atomic E-state index is 12.8. The zero-order valence-electron chi connectivity index (χ0n) is 17.4. The molecule has 0 atom stereocenters. The van der Waals surface area contributed by atoms with Crippen LogP contribution in [-0.2, 0) is 25.7 Å². The molecule has 2 aromatic carbocycles. The molecule has 0 unspecified atom stereocenters. The van der Waals surface area contributed by atoms with Crippen molar-refractivity contribution in [2.45, 2.75) is 25.7 Å². The van der Waals surface area contributed by atoms with Gasteiger partial charge in [-0.1, -0.05) is 42.5 Å². The number of benzene rings is 2. The highest BCUT2D eigenvalue weighted by Crippen LogP contribution is 2.32. The normalized spacial score (nSPS) is 14.3. The molecular formula is C24H19F3N4OS. The van der Waals surface area contributed by atoms with Gasteiger partial charge in [-0.3, -0.25) is 9.69 Å². The average Bonchev–Trinajstić information content (AvgIpc) is 3.28. The first-order valence-corrected chi connectivity index (χ1v) is 11.3. The van der Waals surface area contributed by atoms with Crippen LogP contribution in [0.3, 0.4) is 0 Å². The van der Waals surface area contributed by atoms with Gasteiger partial charge < -0.3 is 4.98 Å². The van der Waals surface area contributed by atoms with E-state index < -0.39 is 11.7 Å². The average molecular weight is 469 g/mol. The van der Waals surface area contributed by atoms with E-state index in [9.17, 15) is 18.0 Å². The number of aromatic amines is 1. The fourth-order valence-electron chi connectivity index (χ4n) is 3.89. The lowest BCUT2D eigenvalue weighted by molar-refractivity contribution is -0.137. The molecule has 1 aliphatic heterocycles. The van der Waals surface area contributed by atoms with Crippen LogP contribution in [0.25, 0.3) is 22.0 Å². The molecular weight excluding hydrogens is 449 g/mol. The standard InChI is InChI=1S/C24H19F3N4OS/c25-24(26,27)17-8-6-16(7-9-17)23-28-18(14-33-23)12-31-11-10-20-19(13-31)22(32)30-21(29-20)15-4-2-1-3-5-15/h1-9,14H,10-13H2,(H,29,30,32). The maximum atomic E-state index is 12.8. The molecule has 0 saturated carbocycles. The molecule has 3 heterocycles. The molecule has 5 rings (SSSR count). The summed E-state index contributed by atoms with van der Waals surface area (Å²) >= 11 is 1.39. The van der Waals surface area contributed by atoms with Gasteiger partial charge >= 0.3 is 6.18 Å². The molecule has 4 aromatic rings. The molecule has 0 spiro atoms. The van der Waals surface area contributed by atoms with Crippen LogP contribution >= 0.6 is 11.3 Å². The summed E-state index contributed by atoms with van der Waals surface area (Å²) in [5.74, 6) is 0.577. The number of thiazole rings is 1. The van der Waals surface area contributed by atoms with Crippen molar-refractivity contribution in [1.29, 1.82) is 0 Å². The minimum atomic E-state index is -4.36. The van der Waals surface area contributed by atoms with Gasteiger partial charge in [-0.05, 0) is 12.1 Å². The molecule has 9 heteroatoms. The first kappa shape index (κ1) is 21.5. The van der Waals surface area contributed by atoms with Gasteiger partial charge in [0.05, 0.1) is 22.5 Å². The van der Waals surface area contributed by atoms with Crippen LogP contribution in [0.4, 0.5) is 13.2 Å². The quantitative estimate of drug-likeness (QED) is 0.451. The molecule has 1 aliphatic rings. The van der Waals surface area contributed by atoms with Crippen LogP contribution in [-0.4, -0.2) is 26.4 Å². The molecule has 5 nitrogen and oxygen atoms in total. The topological polar surface area (TPSA) is 61.9 Å². The molecule has 0 saturated heterocycles. The summed E-state index contributed by atoms with van der Waals surface area (Å²) in [6.07, 6.45) is -3.69. The van der Waals surface area contributed by atoms with Gasteiger partial charge in [-0.15, -0.1) is 11.3 Å². The number of hydrogen-bond donors (Lipinski definition) is 1. The highest BCUT2D eigenvalue weighted by atomic mass is 32.1. The second-order valence-corrected chi connectivity index (χ2v) is 8.74. The number of halogens is 3. The Hall–Kier alpha value is -3.30. The Bertz CT molecular complexity index is 1330. The highest BCUT2D eigenvalue weighted by molar-refractivity contribution is 7.13. The van der Waals surface area contributed by atoms with Crippen LogP contribution in [0, 0.1) is 0 Å². The molecule has 1 N–H and O–H groups in total. The summed E-state index contributed by atoms with van der Waals surface area (Å²) in [4.78, 5) is 27.0. The number of aromatic nitrogens is 3. The lowest BCUT2D eigenvalue weighted by Gasteiger charge is -2.27. The molecule has 33 heavy (non-hydrogen) atoms. The fraction of sp³-hybridized carbons (Fsp3) is 0.208. The summed E-state index contributed by atoms with van der Waals surface area (Å²) in [5, 5.41) is 2.58. The number of nitrogens with zero attached hydrogens (tertiary/aromatic N) is 3. The number of nitrogens with one attached hydrogen (secondary N) is 1. The van der Waals surface area contributed by atoms with Crippen molar-refractivity contribution in [2.75, 3.05) is 6.54 Å². The van der Waals surface area contributed by atoms with Gasteiger partial charge in [-0.2, -0.15) is 13.2 Å². The van der Waals surface area contributed by atoms with E-state index in [1.807, 2.05) is 35.7 Å². The van der Waals surface area contributed by atoms with Gasteiger partial charge in [0.1, 0.15) is 10.8 Å². The zero-order chi connectivity index (χ0) is 23.0. The van der Waals surface area contributed by atoms with E-state index in [1.54, 1.807) is 0 Å². The molecule has 2 aromatic heterocycles. The molecule has 168 valence electrons. The first-order chi connectivity index (χ1) is 15.9. The predicted molar refractivity (Wildman–Crippen MR) is 121 cm³/mol. The van der Waals surface area contributed by atoms with Gasteiger partial charge in [0, 0.05) is 42.6 Å². The van der Waals surface area contributed by atoms with Crippen molar-refractivity contribution in [2.24, 2.45) is 0 Å². The lowest BCUT2D eigenvalue weighted by atomic mass is 10.1. The van der Waals surface area contributed by atoms with Crippen LogP contribution in [0.1, 0.15) is 22.5 Å². The Morgan fingerprint density at radius 2 is 1.76 bits per heavy atom. The second kappa shape index (κ2) is 8.57. The number of rotatable bonds is 4. The molecule has 0 amide bonds. The number of alkyl halides is 3. The zero-order valence-corrected chi connectivity index (χ0v) is 18.2. The van der Waals surface area contributed by atoms with Crippen LogP contribution in [0.15, 0.2) is 64.8 Å². The van der Waals surface area contributed by atoms with Crippen molar-refractivity contribution >= 4 is 11.3 Å². The molecule has 0 aliphatic carbocycles. The third-order valence-corrected chi connectivity index (χ3v) is 6.53. The third-order valence-electron chi connectivity index (χ3n) is 5.59. The summed E-state index contributed by atoms with van der Waals surface area (Å²) in [6.45, 7) is 1.77. The van der Waals surface area contributed by atoms with Crippen molar-refractivity contribution in [3.63, 3.8) is 0 Å². The van der Waals surface area contributed by atoms with E-state index in [4.69, 9.17) is 0 Å². The number of fused-ring (bicyclic) bond motifs is 1. The predicted octanol–water partition coefficient (Wildman–Crippen LogP) is 5.14. The Morgan fingerprint density at radius 1 is 1.00 bits per heavy atom. The molecule has 0 fully saturated rings. The summed E-state index contributed by atoms with van der Waals surface area (Å²) in [7, 11) is 0. The van der Waals surface area contributed by atoms with E-state index in [0.29, 0.717) is 41.5 Å². The first-order valence-electron chi connectivity index (χ1n) is 10.4. The van der Waals surface area contributed by atoms with Gasteiger partial charge in [0.25, 0.3) is 5.56 Å². The smallest absolute Gasteiger partial charge is 0.306 e. The minimum Gasteiger partial charge on any atom is -0.306 e. The molecule has 0 radical (unpaired) electrons.